The van der Waals surface area contributed by atoms with Crippen LogP contribution in [0.4, 0.5) is 0 Å². The molecule has 11 nitrogen and oxygen atoms in total. The summed E-state index contributed by atoms with van der Waals surface area (Å²) in [6, 6.07) is 18.2. The highest BCUT2D eigenvalue weighted by molar-refractivity contribution is 6.04. The van der Waals surface area contributed by atoms with Crippen LogP contribution in [-0.2, 0) is 0 Å². The summed E-state index contributed by atoms with van der Waals surface area (Å²) in [5, 5.41) is 0.245. The summed E-state index contributed by atoms with van der Waals surface area (Å²) >= 11 is 0. The van der Waals surface area contributed by atoms with Crippen molar-refractivity contribution in [2.75, 3.05) is 49.8 Å². The fourth-order valence-corrected chi connectivity index (χ4v) is 5.68. The molecule has 246 valence electrons. The van der Waals surface area contributed by atoms with Crippen LogP contribution >= 0.6 is 0 Å². The van der Waals surface area contributed by atoms with E-state index in [1.54, 1.807) is 61.7 Å². The van der Waals surface area contributed by atoms with E-state index in [1.165, 1.54) is 54.8 Å². The lowest BCUT2D eigenvalue weighted by atomic mass is 9.94. The van der Waals surface area contributed by atoms with Crippen molar-refractivity contribution >= 4 is 21.9 Å². The van der Waals surface area contributed by atoms with E-state index in [2.05, 4.69) is 0 Å². The van der Waals surface area contributed by atoms with Gasteiger partial charge < -0.3 is 42.0 Å². The lowest BCUT2D eigenvalue weighted by molar-refractivity contribution is 0.355. The zero-order chi connectivity index (χ0) is 34.1. The molecule has 0 saturated heterocycles. The number of methoxy groups -OCH3 is 7. The third-order valence-corrected chi connectivity index (χ3v) is 8.03. The van der Waals surface area contributed by atoms with Crippen LogP contribution in [0.5, 0.6) is 40.2 Å². The maximum atomic E-state index is 14.8. The summed E-state index contributed by atoms with van der Waals surface area (Å²) in [6.07, 6.45) is 0. The molecular weight excluding hydrogens is 620 g/mol. The van der Waals surface area contributed by atoms with E-state index in [-0.39, 0.29) is 61.8 Å². The van der Waals surface area contributed by atoms with Gasteiger partial charge in [-0.15, -0.1) is 0 Å². The van der Waals surface area contributed by atoms with Crippen molar-refractivity contribution in [3.05, 3.63) is 87.2 Å². The molecule has 0 spiro atoms. The fourth-order valence-electron chi connectivity index (χ4n) is 5.68. The third kappa shape index (κ3) is 5.28. The standard InChI is InChI=1S/C37H32O11/c1-40-21-11-8-19(9-12-21)36-34(35(39)32-27(44-5)15-22(41-2)16-30(32)48-36)33-29(46-7)18-28(45-6)31-23(38)17-25(47-37(31)33)20-10-13-24(42-3)26(14-20)43-4/h8-18H,1-7H3. The van der Waals surface area contributed by atoms with Crippen molar-refractivity contribution < 1.29 is 42.0 Å². The molecule has 0 aliphatic rings. The Morgan fingerprint density at radius 1 is 0.479 bits per heavy atom. The van der Waals surface area contributed by atoms with Gasteiger partial charge in [0, 0.05) is 35.4 Å². The molecule has 0 atom stereocenters. The average molecular weight is 653 g/mol. The summed E-state index contributed by atoms with van der Waals surface area (Å²) in [6.45, 7) is 0. The molecule has 0 saturated carbocycles. The Hall–Kier alpha value is -6.10. The second-order valence-corrected chi connectivity index (χ2v) is 10.5. The predicted molar refractivity (Wildman–Crippen MR) is 181 cm³/mol. The van der Waals surface area contributed by atoms with Crippen LogP contribution in [0.25, 0.3) is 55.7 Å². The minimum absolute atomic E-state index is 0.0392. The Kier molecular flexibility index (Phi) is 8.60. The number of benzene rings is 4. The van der Waals surface area contributed by atoms with Gasteiger partial charge >= 0.3 is 0 Å². The van der Waals surface area contributed by atoms with E-state index in [4.69, 9.17) is 42.0 Å². The van der Waals surface area contributed by atoms with Crippen molar-refractivity contribution in [3.8, 4) is 74.0 Å². The first-order valence-corrected chi connectivity index (χ1v) is 14.6. The molecule has 48 heavy (non-hydrogen) atoms. The Morgan fingerprint density at radius 2 is 1.10 bits per heavy atom. The highest BCUT2D eigenvalue weighted by atomic mass is 16.5. The largest absolute Gasteiger partial charge is 0.497 e. The molecule has 0 aliphatic heterocycles. The van der Waals surface area contributed by atoms with Gasteiger partial charge in [-0.3, -0.25) is 9.59 Å². The summed E-state index contributed by atoms with van der Waals surface area (Å²) < 4.78 is 51.9. The van der Waals surface area contributed by atoms with Crippen LogP contribution in [-0.4, -0.2) is 49.8 Å². The van der Waals surface area contributed by atoms with E-state index in [0.29, 0.717) is 34.1 Å². The Morgan fingerprint density at radius 3 is 1.73 bits per heavy atom. The van der Waals surface area contributed by atoms with Gasteiger partial charge in [-0.2, -0.15) is 0 Å². The molecule has 0 N–H and O–H groups in total. The number of ether oxygens (including phenoxy) is 7. The monoisotopic (exact) mass is 652 g/mol. The second-order valence-electron chi connectivity index (χ2n) is 10.5. The number of fused-ring (bicyclic) bond motifs is 2. The first kappa shape index (κ1) is 31.9. The maximum absolute atomic E-state index is 14.8. The molecule has 0 fully saturated rings. The zero-order valence-corrected chi connectivity index (χ0v) is 27.3. The van der Waals surface area contributed by atoms with Gasteiger partial charge in [0.25, 0.3) is 0 Å². The van der Waals surface area contributed by atoms with E-state index in [9.17, 15) is 9.59 Å². The van der Waals surface area contributed by atoms with Gasteiger partial charge in [-0.05, 0) is 42.5 Å². The highest BCUT2D eigenvalue weighted by Gasteiger charge is 2.29. The van der Waals surface area contributed by atoms with Gasteiger partial charge in [0.15, 0.2) is 22.5 Å². The number of hydrogen-bond acceptors (Lipinski definition) is 11. The van der Waals surface area contributed by atoms with Crippen LogP contribution in [0.15, 0.2) is 85.2 Å². The normalized spacial score (nSPS) is 11.0. The van der Waals surface area contributed by atoms with Gasteiger partial charge in [0.05, 0.1) is 60.9 Å². The van der Waals surface area contributed by atoms with Gasteiger partial charge in [0.1, 0.15) is 56.6 Å². The molecule has 0 bridgehead atoms. The molecule has 2 heterocycles. The molecule has 11 heteroatoms. The first-order chi connectivity index (χ1) is 23.3. The van der Waals surface area contributed by atoms with Crippen LogP contribution in [0.3, 0.4) is 0 Å². The minimum atomic E-state index is -0.467. The third-order valence-electron chi connectivity index (χ3n) is 8.03. The second kappa shape index (κ2) is 13.0. The van der Waals surface area contributed by atoms with E-state index >= 15 is 0 Å². The average Bonchev–Trinajstić information content (AvgIpc) is 3.13. The topological polar surface area (TPSA) is 125 Å². The van der Waals surface area contributed by atoms with Crippen molar-refractivity contribution in [1.29, 1.82) is 0 Å². The fraction of sp³-hybridized carbons (Fsp3) is 0.189. The molecule has 6 aromatic rings. The van der Waals surface area contributed by atoms with Crippen molar-refractivity contribution in [2.45, 2.75) is 0 Å². The van der Waals surface area contributed by atoms with Crippen LogP contribution in [0.1, 0.15) is 0 Å². The highest BCUT2D eigenvalue weighted by Crippen LogP contribution is 2.46. The van der Waals surface area contributed by atoms with Crippen molar-refractivity contribution in [3.63, 3.8) is 0 Å². The van der Waals surface area contributed by atoms with Crippen LogP contribution < -0.4 is 44.0 Å². The van der Waals surface area contributed by atoms with Crippen LogP contribution in [0.2, 0.25) is 0 Å². The molecule has 0 unspecified atom stereocenters. The van der Waals surface area contributed by atoms with Gasteiger partial charge in [-0.25, -0.2) is 0 Å². The summed E-state index contributed by atoms with van der Waals surface area (Å²) in [4.78, 5) is 28.8. The molecule has 0 aliphatic carbocycles. The Labute approximate surface area is 274 Å². The lowest BCUT2D eigenvalue weighted by Crippen LogP contribution is -2.12. The molecular formula is C37H32O11. The molecule has 0 amide bonds. The SMILES string of the molecule is COc1ccc(-c2oc3cc(OC)cc(OC)c3c(=O)c2-c2c(OC)cc(OC)c3c(=O)cc(-c4ccc(OC)c(OC)c4)oc23)cc1. The Balaban J connectivity index is 1.80. The molecule has 4 aromatic carbocycles. The number of hydrogen-bond donors (Lipinski definition) is 0. The van der Waals surface area contributed by atoms with Crippen molar-refractivity contribution in [1.82, 2.24) is 0 Å². The lowest BCUT2D eigenvalue weighted by Gasteiger charge is -2.18. The smallest absolute Gasteiger partial charge is 0.205 e. The van der Waals surface area contributed by atoms with Gasteiger partial charge in [-0.1, -0.05) is 0 Å². The molecule has 0 radical (unpaired) electrons. The minimum Gasteiger partial charge on any atom is -0.497 e. The van der Waals surface area contributed by atoms with Crippen LogP contribution in [0, 0.1) is 0 Å². The zero-order valence-electron chi connectivity index (χ0n) is 27.3. The van der Waals surface area contributed by atoms with Crippen molar-refractivity contribution in [2.24, 2.45) is 0 Å². The van der Waals surface area contributed by atoms with E-state index in [0.717, 1.165) is 0 Å². The maximum Gasteiger partial charge on any atom is 0.205 e. The predicted octanol–water partition coefficient (Wildman–Crippen LogP) is 6.96. The molecule has 6 rings (SSSR count). The van der Waals surface area contributed by atoms with E-state index < -0.39 is 10.9 Å². The van der Waals surface area contributed by atoms with E-state index in [1.807, 2.05) is 0 Å². The van der Waals surface area contributed by atoms with Gasteiger partial charge in [0.2, 0.25) is 5.43 Å². The summed E-state index contributed by atoms with van der Waals surface area (Å²) in [5.74, 6) is 2.94. The quantitative estimate of drug-likeness (QED) is 0.152. The Bertz CT molecular complexity index is 2280. The first-order valence-electron chi connectivity index (χ1n) is 14.6. The summed E-state index contributed by atoms with van der Waals surface area (Å²) in [5.41, 5.74) is 0.670. The summed E-state index contributed by atoms with van der Waals surface area (Å²) in [7, 11) is 10.4. The number of rotatable bonds is 10. The molecule has 2 aromatic heterocycles.